The highest BCUT2D eigenvalue weighted by Crippen LogP contribution is 2.26. The first-order chi connectivity index (χ1) is 8.81. The molecule has 4 nitrogen and oxygen atoms in total. The highest BCUT2D eigenvalue weighted by molar-refractivity contribution is 9.10. The minimum Gasteiger partial charge on any atom is -0.466 e. The molecule has 0 N–H and O–H groups in total. The Balaban J connectivity index is 2.71. The summed E-state index contributed by atoms with van der Waals surface area (Å²) in [5.41, 5.74) is 0.366. The number of rotatable bonds is 5. The molecule has 0 amide bonds. The normalized spacial score (nSPS) is 11.2. The molecule has 0 unspecified atom stereocenters. The summed E-state index contributed by atoms with van der Waals surface area (Å²) in [5.74, 6) is 0.385. The second-order valence-corrected chi connectivity index (χ2v) is 5.93. The summed E-state index contributed by atoms with van der Waals surface area (Å²) in [6.07, 6.45) is 0.216. The Morgan fingerprint density at radius 1 is 1.32 bits per heavy atom. The SMILES string of the molecule is COCOc1cc(CC(=O)OC(C)(C)C)ccc1Br. The van der Waals surface area contributed by atoms with Crippen LogP contribution in [0.15, 0.2) is 22.7 Å². The highest BCUT2D eigenvalue weighted by atomic mass is 79.9. The summed E-state index contributed by atoms with van der Waals surface area (Å²) in [6.45, 7) is 5.70. The van der Waals surface area contributed by atoms with Gasteiger partial charge >= 0.3 is 5.97 Å². The molecule has 0 aliphatic carbocycles. The van der Waals surface area contributed by atoms with Crippen LogP contribution in [0.25, 0.3) is 0 Å². The molecule has 5 heteroatoms. The molecule has 0 heterocycles. The minimum atomic E-state index is -0.470. The molecular formula is C14H19BrO4. The minimum absolute atomic E-state index is 0.161. The highest BCUT2D eigenvalue weighted by Gasteiger charge is 2.17. The van der Waals surface area contributed by atoms with Crippen LogP contribution in [0.3, 0.4) is 0 Å². The summed E-state index contributed by atoms with van der Waals surface area (Å²) >= 11 is 3.38. The molecule has 0 atom stereocenters. The second kappa shape index (κ2) is 6.91. The number of ether oxygens (including phenoxy) is 3. The Morgan fingerprint density at radius 2 is 2.00 bits per heavy atom. The van der Waals surface area contributed by atoms with E-state index in [0.717, 1.165) is 10.0 Å². The topological polar surface area (TPSA) is 44.8 Å². The smallest absolute Gasteiger partial charge is 0.310 e. The maximum atomic E-state index is 11.7. The number of methoxy groups -OCH3 is 1. The standard InChI is InChI=1S/C14H19BrO4/c1-14(2,3)19-13(16)8-10-5-6-11(15)12(7-10)18-9-17-4/h5-7H,8-9H2,1-4H3. The van der Waals surface area contributed by atoms with Crippen LogP contribution in [0.1, 0.15) is 26.3 Å². The van der Waals surface area contributed by atoms with Gasteiger partial charge in [-0.1, -0.05) is 6.07 Å². The molecule has 0 saturated carbocycles. The van der Waals surface area contributed by atoms with Crippen molar-refractivity contribution in [2.45, 2.75) is 32.8 Å². The summed E-state index contributed by atoms with van der Waals surface area (Å²) in [4.78, 5) is 11.7. The van der Waals surface area contributed by atoms with Gasteiger partial charge in [0.25, 0.3) is 0 Å². The molecule has 1 rings (SSSR count). The molecule has 0 spiro atoms. The predicted octanol–water partition coefficient (Wildman–Crippen LogP) is 3.32. The lowest BCUT2D eigenvalue weighted by atomic mass is 10.1. The van der Waals surface area contributed by atoms with E-state index in [4.69, 9.17) is 14.2 Å². The number of carbonyl (C=O) groups is 1. The van der Waals surface area contributed by atoms with Crippen molar-refractivity contribution in [3.8, 4) is 5.75 Å². The van der Waals surface area contributed by atoms with Gasteiger partial charge in [0.2, 0.25) is 0 Å². The zero-order chi connectivity index (χ0) is 14.5. The Kier molecular flexibility index (Phi) is 5.82. The molecule has 0 fully saturated rings. The Labute approximate surface area is 122 Å². The molecule has 1 aromatic carbocycles. The lowest BCUT2D eigenvalue weighted by Gasteiger charge is -2.19. The van der Waals surface area contributed by atoms with E-state index in [2.05, 4.69) is 15.9 Å². The molecule has 0 aromatic heterocycles. The van der Waals surface area contributed by atoms with Gasteiger partial charge in [-0.25, -0.2) is 0 Å². The van der Waals surface area contributed by atoms with E-state index in [1.165, 1.54) is 0 Å². The maximum Gasteiger partial charge on any atom is 0.310 e. The van der Waals surface area contributed by atoms with E-state index in [1.54, 1.807) is 13.2 Å². The fourth-order valence-corrected chi connectivity index (χ4v) is 1.80. The van der Waals surface area contributed by atoms with Crippen LogP contribution in [0.4, 0.5) is 0 Å². The zero-order valence-electron chi connectivity index (χ0n) is 11.7. The largest absolute Gasteiger partial charge is 0.466 e. The lowest BCUT2D eigenvalue weighted by Crippen LogP contribution is -2.24. The third-order valence-electron chi connectivity index (χ3n) is 2.10. The third-order valence-corrected chi connectivity index (χ3v) is 2.75. The van der Waals surface area contributed by atoms with Gasteiger partial charge in [-0.15, -0.1) is 0 Å². The van der Waals surface area contributed by atoms with Crippen molar-refractivity contribution in [3.63, 3.8) is 0 Å². The number of benzene rings is 1. The fraction of sp³-hybridized carbons (Fsp3) is 0.500. The van der Waals surface area contributed by atoms with E-state index in [1.807, 2.05) is 32.9 Å². The van der Waals surface area contributed by atoms with Gasteiger partial charge in [0.05, 0.1) is 10.9 Å². The van der Waals surface area contributed by atoms with Crippen molar-refractivity contribution in [1.82, 2.24) is 0 Å². The van der Waals surface area contributed by atoms with Gasteiger partial charge < -0.3 is 14.2 Å². The summed E-state index contributed by atoms with van der Waals surface area (Å²) in [7, 11) is 1.55. The Morgan fingerprint density at radius 3 is 2.58 bits per heavy atom. The molecule has 0 aliphatic heterocycles. The van der Waals surface area contributed by atoms with Crippen LogP contribution >= 0.6 is 15.9 Å². The van der Waals surface area contributed by atoms with Crippen molar-refractivity contribution in [1.29, 1.82) is 0 Å². The van der Waals surface area contributed by atoms with Crippen molar-refractivity contribution in [3.05, 3.63) is 28.2 Å². The average Bonchev–Trinajstić information content (AvgIpc) is 2.27. The molecular weight excluding hydrogens is 312 g/mol. The summed E-state index contributed by atoms with van der Waals surface area (Å²) in [5, 5.41) is 0. The van der Waals surface area contributed by atoms with Crippen molar-refractivity contribution >= 4 is 21.9 Å². The number of carbonyl (C=O) groups excluding carboxylic acids is 1. The van der Waals surface area contributed by atoms with Crippen LogP contribution in [0, 0.1) is 0 Å². The quantitative estimate of drug-likeness (QED) is 0.613. The number of esters is 1. The molecule has 1 aromatic rings. The zero-order valence-corrected chi connectivity index (χ0v) is 13.2. The molecule has 0 radical (unpaired) electrons. The van der Waals surface area contributed by atoms with Gasteiger partial charge in [-0.05, 0) is 54.4 Å². The molecule has 0 bridgehead atoms. The van der Waals surface area contributed by atoms with Gasteiger partial charge in [0.1, 0.15) is 11.4 Å². The Bertz CT molecular complexity index is 438. The van der Waals surface area contributed by atoms with Gasteiger partial charge in [0.15, 0.2) is 6.79 Å². The van der Waals surface area contributed by atoms with Crippen LogP contribution in [-0.2, 0) is 20.7 Å². The van der Waals surface area contributed by atoms with E-state index in [0.29, 0.717) is 5.75 Å². The molecule has 0 aliphatic rings. The predicted molar refractivity (Wildman–Crippen MR) is 76.2 cm³/mol. The summed E-state index contributed by atoms with van der Waals surface area (Å²) in [6, 6.07) is 5.49. The fourth-order valence-electron chi connectivity index (χ4n) is 1.44. The number of hydrogen-bond donors (Lipinski definition) is 0. The lowest BCUT2D eigenvalue weighted by molar-refractivity contribution is -0.153. The first kappa shape index (κ1) is 16.0. The monoisotopic (exact) mass is 330 g/mol. The van der Waals surface area contributed by atoms with Gasteiger partial charge in [-0.2, -0.15) is 0 Å². The van der Waals surface area contributed by atoms with E-state index in [-0.39, 0.29) is 19.2 Å². The van der Waals surface area contributed by atoms with Gasteiger partial charge in [0, 0.05) is 7.11 Å². The Hall–Kier alpha value is -1.07. The first-order valence-corrected chi connectivity index (χ1v) is 6.73. The average molecular weight is 331 g/mol. The first-order valence-electron chi connectivity index (χ1n) is 5.94. The van der Waals surface area contributed by atoms with Crippen molar-refractivity contribution in [2.75, 3.05) is 13.9 Å². The van der Waals surface area contributed by atoms with Crippen molar-refractivity contribution in [2.24, 2.45) is 0 Å². The number of halogens is 1. The van der Waals surface area contributed by atoms with Crippen LogP contribution in [0.5, 0.6) is 5.75 Å². The maximum absolute atomic E-state index is 11.7. The molecule has 19 heavy (non-hydrogen) atoms. The van der Waals surface area contributed by atoms with Crippen LogP contribution < -0.4 is 4.74 Å². The summed E-state index contributed by atoms with van der Waals surface area (Å²) < 4.78 is 16.3. The van der Waals surface area contributed by atoms with Crippen molar-refractivity contribution < 1.29 is 19.0 Å². The second-order valence-electron chi connectivity index (χ2n) is 5.08. The third kappa shape index (κ3) is 6.07. The molecule has 106 valence electrons. The number of hydrogen-bond acceptors (Lipinski definition) is 4. The van der Waals surface area contributed by atoms with E-state index < -0.39 is 5.60 Å². The molecule has 0 saturated heterocycles. The van der Waals surface area contributed by atoms with E-state index in [9.17, 15) is 4.79 Å². The van der Waals surface area contributed by atoms with E-state index >= 15 is 0 Å². The van der Waals surface area contributed by atoms with Crippen LogP contribution in [0.2, 0.25) is 0 Å². The van der Waals surface area contributed by atoms with Crippen LogP contribution in [-0.4, -0.2) is 25.5 Å². The van der Waals surface area contributed by atoms with Gasteiger partial charge in [-0.3, -0.25) is 4.79 Å².